The van der Waals surface area contributed by atoms with E-state index in [0.29, 0.717) is 28.0 Å². The summed E-state index contributed by atoms with van der Waals surface area (Å²) >= 11 is 0.623. The Morgan fingerprint density at radius 3 is 2.64 bits per heavy atom. The number of nitrogens with zero attached hydrogens (tertiary/aromatic N) is 3. The van der Waals surface area contributed by atoms with Gasteiger partial charge in [-0.15, -0.1) is 11.8 Å². The molecule has 0 aliphatic rings. The lowest BCUT2D eigenvalue weighted by atomic mass is 10.1. The van der Waals surface area contributed by atoms with Gasteiger partial charge in [0.25, 0.3) is 5.91 Å². The van der Waals surface area contributed by atoms with E-state index in [4.69, 9.17) is 0 Å². The van der Waals surface area contributed by atoms with E-state index in [9.17, 15) is 18.0 Å². The zero-order chi connectivity index (χ0) is 20.5. The summed E-state index contributed by atoms with van der Waals surface area (Å²) in [6, 6.07) is 7.96. The van der Waals surface area contributed by atoms with Crippen LogP contribution in [0, 0.1) is 13.8 Å². The Labute approximate surface area is 163 Å². The van der Waals surface area contributed by atoms with Gasteiger partial charge in [0.2, 0.25) is 0 Å². The fraction of sp³-hybridized carbons (Fsp3) is 0.278. The molecule has 28 heavy (non-hydrogen) atoms. The van der Waals surface area contributed by atoms with Crippen molar-refractivity contribution in [3.63, 3.8) is 0 Å². The fourth-order valence-corrected chi connectivity index (χ4v) is 3.52. The summed E-state index contributed by atoms with van der Waals surface area (Å²) in [6.07, 6.45) is -4.29. The largest absolute Gasteiger partial charge is 0.398 e. The van der Waals surface area contributed by atoms with Gasteiger partial charge in [-0.3, -0.25) is 14.6 Å². The summed E-state index contributed by atoms with van der Waals surface area (Å²) in [5, 5.41) is 13.8. The second kappa shape index (κ2) is 7.70. The highest BCUT2D eigenvalue weighted by molar-refractivity contribution is 7.99. The first-order valence-corrected chi connectivity index (χ1v) is 9.30. The molecule has 0 atom stereocenters. The predicted molar refractivity (Wildman–Crippen MR) is 101 cm³/mol. The first-order chi connectivity index (χ1) is 13.2. The summed E-state index contributed by atoms with van der Waals surface area (Å²) in [6.45, 7) is 3.75. The monoisotopic (exact) mass is 409 g/mol. The Balaban J connectivity index is 1.79. The Hall–Kier alpha value is -2.75. The van der Waals surface area contributed by atoms with E-state index >= 15 is 0 Å². The Morgan fingerprint density at radius 2 is 2.00 bits per heavy atom. The minimum Gasteiger partial charge on any atom is -0.320 e. The number of para-hydroxylation sites is 1. The van der Waals surface area contributed by atoms with Gasteiger partial charge in [-0.25, -0.2) is 0 Å². The lowest BCUT2D eigenvalue weighted by molar-refractivity contribution is -0.105. The molecule has 0 fully saturated rings. The van der Waals surface area contributed by atoms with Gasteiger partial charge in [0, 0.05) is 23.2 Å². The molecule has 0 saturated heterocycles. The van der Waals surface area contributed by atoms with Crippen molar-refractivity contribution in [2.45, 2.75) is 24.9 Å². The molecule has 0 bridgehead atoms. The van der Waals surface area contributed by atoms with Crippen LogP contribution in [0.2, 0.25) is 0 Å². The highest BCUT2D eigenvalue weighted by Gasteiger charge is 2.28. The number of rotatable bonds is 5. The van der Waals surface area contributed by atoms with Crippen LogP contribution in [0.4, 0.5) is 18.9 Å². The molecule has 1 amide bonds. The first kappa shape index (κ1) is 20.0. The number of H-pyrrole nitrogens is 1. The number of nitrogens with one attached hydrogen (secondary N) is 2. The third-order valence-electron chi connectivity index (χ3n) is 4.11. The molecule has 0 unspecified atom stereocenters. The van der Waals surface area contributed by atoms with Crippen molar-refractivity contribution in [3.05, 3.63) is 47.4 Å². The molecule has 6 nitrogen and oxygen atoms in total. The third kappa shape index (κ3) is 4.38. The molecule has 0 saturated carbocycles. The van der Waals surface area contributed by atoms with Crippen LogP contribution in [0.25, 0.3) is 11.3 Å². The van der Waals surface area contributed by atoms with Crippen molar-refractivity contribution in [1.29, 1.82) is 0 Å². The minimum atomic E-state index is -4.29. The number of alkyl halides is 3. The van der Waals surface area contributed by atoms with Gasteiger partial charge >= 0.3 is 6.18 Å². The standard InChI is InChI=1S/C18H18F3N5OS/c1-10-16(11(2)26(3)25-10)13-8-14(24-23-13)17(27)22-12-6-4-5-7-15(12)28-9-18(19,20)21/h4-8H,9H2,1-3H3,(H,22,27)(H,23,24). The molecule has 148 valence electrons. The molecule has 10 heteroatoms. The number of aromatic amines is 1. The number of thioether (sulfide) groups is 1. The van der Waals surface area contributed by atoms with Crippen molar-refractivity contribution in [2.75, 3.05) is 11.1 Å². The van der Waals surface area contributed by atoms with E-state index in [1.54, 1.807) is 28.9 Å². The summed E-state index contributed by atoms with van der Waals surface area (Å²) < 4.78 is 39.2. The van der Waals surface area contributed by atoms with Crippen molar-refractivity contribution >= 4 is 23.4 Å². The van der Waals surface area contributed by atoms with Crippen LogP contribution in [-0.2, 0) is 7.05 Å². The van der Waals surface area contributed by atoms with Crippen LogP contribution < -0.4 is 5.32 Å². The molecule has 2 heterocycles. The number of amides is 1. The molecule has 2 N–H and O–H groups in total. The topological polar surface area (TPSA) is 75.6 Å². The molecular weight excluding hydrogens is 391 g/mol. The van der Waals surface area contributed by atoms with Gasteiger partial charge in [-0.1, -0.05) is 12.1 Å². The van der Waals surface area contributed by atoms with Crippen molar-refractivity contribution in [2.24, 2.45) is 7.05 Å². The maximum Gasteiger partial charge on any atom is 0.398 e. The van der Waals surface area contributed by atoms with E-state index < -0.39 is 17.8 Å². The number of halogens is 3. The Kier molecular flexibility index (Phi) is 5.50. The minimum absolute atomic E-state index is 0.202. The van der Waals surface area contributed by atoms with Gasteiger partial charge in [-0.2, -0.15) is 23.4 Å². The molecule has 1 aromatic carbocycles. The van der Waals surface area contributed by atoms with Gasteiger partial charge in [0.15, 0.2) is 0 Å². The van der Waals surface area contributed by atoms with E-state index in [1.807, 2.05) is 20.9 Å². The average Bonchev–Trinajstić information content (AvgIpc) is 3.18. The number of hydrogen-bond acceptors (Lipinski definition) is 4. The summed E-state index contributed by atoms with van der Waals surface area (Å²) in [7, 11) is 1.82. The smallest absolute Gasteiger partial charge is 0.320 e. The second-order valence-electron chi connectivity index (χ2n) is 6.19. The van der Waals surface area contributed by atoms with Crippen molar-refractivity contribution in [3.8, 4) is 11.3 Å². The van der Waals surface area contributed by atoms with Gasteiger partial charge in [0.05, 0.1) is 22.8 Å². The number of hydrogen-bond donors (Lipinski definition) is 2. The molecule has 2 aromatic heterocycles. The number of aryl methyl sites for hydroxylation is 2. The number of benzene rings is 1. The molecule has 0 aliphatic heterocycles. The predicted octanol–water partition coefficient (Wildman–Crippen LogP) is 4.33. The maximum absolute atomic E-state index is 12.6. The fourth-order valence-electron chi connectivity index (χ4n) is 2.76. The summed E-state index contributed by atoms with van der Waals surface area (Å²) in [5.74, 6) is -1.52. The number of aromatic nitrogens is 4. The van der Waals surface area contributed by atoms with E-state index in [2.05, 4.69) is 20.6 Å². The van der Waals surface area contributed by atoms with Gasteiger partial charge in [-0.05, 0) is 32.0 Å². The normalized spacial score (nSPS) is 11.6. The average molecular weight is 409 g/mol. The quantitative estimate of drug-likeness (QED) is 0.615. The highest BCUT2D eigenvalue weighted by Crippen LogP contribution is 2.32. The van der Waals surface area contributed by atoms with Crippen LogP contribution in [0.15, 0.2) is 35.2 Å². The summed E-state index contributed by atoms with van der Waals surface area (Å²) in [4.78, 5) is 12.9. The van der Waals surface area contributed by atoms with E-state index in [1.165, 1.54) is 6.07 Å². The van der Waals surface area contributed by atoms with Crippen LogP contribution in [0.1, 0.15) is 21.9 Å². The number of carbonyl (C=O) groups excluding carboxylic acids is 1. The number of anilines is 1. The van der Waals surface area contributed by atoms with Crippen LogP contribution in [0.5, 0.6) is 0 Å². The van der Waals surface area contributed by atoms with Crippen LogP contribution >= 0.6 is 11.8 Å². The Morgan fingerprint density at radius 1 is 1.29 bits per heavy atom. The number of carbonyl (C=O) groups is 1. The van der Waals surface area contributed by atoms with E-state index in [0.717, 1.165) is 17.0 Å². The lowest BCUT2D eigenvalue weighted by Crippen LogP contribution is -2.14. The van der Waals surface area contributed by atoms with Gasteiger partial charge < -0.3 is 5.32 Å². The summed E-state index contributed by atoms with van der Waals surface area (Å²) in [5.41, 5.74) is 3.61. The molecule has 3 rings (SSSR count). The van der Waals surface area contributed by atoms with Crippen LogP contribution in [0.3, 0.4) is 0 Å². The highest BCUT2D eigenvalue weighted by atomic mass is 32.2. The van der Waals surface area contributed by atoms with Crippen LogP contribution in [-0.4, -0.2) is 37.8 Å². The zero-order valence-corrected chi connectivity index (χ0v) is 16.2. The van der Waals surface area contributed by atoms with Gasteiger partial charge in [0.1, 0.15) is 5.69 Å². The molecular formula is C18H18F3N5OS. The molecule has 3 aromatic rings. The van der Waals surface area contributed by atoms with E-state index in [-0.39, 0.29) is 5.69 Å². The second-order valence-corrected chi connectivity index (χ2v) is 7.21. The lowest BCUT2D eigenvalue weighted by Gasteiger charge is -2.11. The van der Waals surface area contributed by atoms with Crippen molar-refractivity contribution < 1.29 is 18.0 Å². The molecule has 0 spiro atoms. The maximum atomic E-state index is 12.6. The van der Waals surface area contributed by atoms with Crippen molar-refractivity contribution in [1.82, 2.24) is 20.0 Å². The Bertz CT molecular complexity index is 1010. The molecule has 0 aliphatic carbocycles. The molecule has 0 radical (unpaired) electrons. The first-order valence-electron chi connectivity index (χ1n) is 8.31. The third-order valence-corrected chi connectivity index (χ3v) is 5.25. The SMILES string of the molecule is Cc1nn(C)c(C)c1-c1cc(C(=O)Nc2ccccc2SCC(F)(F)F)[nH]n1. The zero-order valence-electron chi connectivity index (χ0n) is 15.4.